The molecule has 2 N–H and O–H groups in total. The number of halogens is 4. The Bertz CT molecular complexity index is 1350. The molecule has 2 aliphatic rings. The molecule has 4 heterocycles. The Morgan fingerprint density at radius 2 is 2.06 bits per heavy atom. The second-order valence-corrected chi connectivity index (χ2v) is 9.08. The highest BCUT2D eigenvalue weighted by Gasteiger charge is 2.44. The Morgan fingerprint density at radius 1 is 1.25 bits per heavy atom. The number of carbonyl (C=O) groups excluding carboxylic acids is 1. The van der Waals surface area contributed by atoms with Crippen LogP contribution in [0.5, 0.6) is 5.88 Å². The fourth-order valence-electron chi connectivity index (χ4n) is 4.74. The zero-order valence-corrected chi connectivity index (χ0v) is 19.6. The lowest BCUT2D eigenvalue weighted by atomic mass is 9.99. The molecule has 2 bridgehead atoms. The molecule has 36 heavy (non-hydrogen) atoms. The number of urea groups is 1. The highest BCUT2D eigenvalue weighted by molar-refractivity contribution is 6.33. The highest BCUT2D eigenvalue weighted by atomic mass is 35.5. The number of hydrogen-bond donors (Lipinski definition) is 2. The average molecular weight is 520 g/mol. The van der Waals surface area contributed by atoms with Gasteiger partial charge in [0.2, 0.25) is 5.88 Å². The predicted molar refractivity (Wildman–Crippen MR) is 126 cm³/mol. The van der Waals surface area contributed by atoms with E-state index in [9.17, 15) is 18.4 Å². The van der Waals surface area contributed by atoms with Crippen LogP contribution in [0.25, 0.3) is 11.1 Å². The molecule has 8 nitrogen and oxygen atoms in total. The third-order valence-electron chi connectivity index (χ3n) is 6.41. The monoisotopic (exact) mass is 519 g/mol. The van der Waals surface area contributed by atoms with Gasteiger partial charge in [-0.25, -0.2) is 28.0 Å². The topological polar surface area (TPSA) is 100 Å². The Kier molecular flexibility index (Phi) is 6.57. The van der Waals surface area contributed by atoms with Crippen LogP contribution in [0.15, 0.2) is 41.3 Å². The van der Waals surface area contributed by atoms with E-state index in [-0.39, 0.29) is 34.2 Å². The Hall–Kier alpha value is -3.60. The summed E-state index contributed by atoms with van der Waals surface area (Å²) in [5.41, 5.74) is 1.87. The van der Waals surface area contributed by atoms with E-state index in [4.69, 9.17) is 16.3 Å². The lowest BCUT2D eigenvalue weighted by Crippen LogP contribution is -2.45. The quantitative estimate of drug-likeness (QED) is 0.495. The van der Waals surface area contributed by atoms with Gasteiger partial charge in [-0.2, -0.15) is 5.10 Å². The van der Waals surface area contributed by atoms with Crippen LogP contribution in [0.3, 0.4) is 0 Å². The molecular formula is C24H21ClF3N5O3. The van der Waals surface area contributed by atoms with Crippen molar-refractivity contribution >= 4 is 23.3 Å². The zero-order chi connectivity index (χ0) is 25.4. The van der Waals surface area contributed by atoms with E-state index in [0.717, 1.165) is 12.0 Å². The van der Waals surface area contributed by atoms with Crippen molar-refractivity contribution in [3.8, 4) is 17.0 Å². The zero-order valence-electron chi connectivity index (χ0n) is 18.8. The van der Waals surface area contributed by atoms with Gasteiger partial charge in [-0.3, -0.25) is 4.79 Å². The van der Waals surface area contributed by atoms with Gasteiger partial charge in [0, 0.05) is 35.5 Å². The number of H-pyrrole nitrogens is 1. The van der Waals surface area contributed by atoms with Gasteiger partial charge in [-0.1, -0.05) is 11.6 Å². The summed E-state index contributed by atoms with van der Waals surface area (Å²) in [4.78, 5) is 30.4. The van der Waals surface area contributed by atoms with E-state index in [1.807, 2.05) is 0 Å². The first-order valence-corrected chi connectivity index (χ1v) is 11.7. The largest absolute Gasteiger partial charge is 0.469 e. The molecule has 2 aliphatic heterocycles. The molecule has 0 spiro atoms. The van der Waals surface area contributed by atoms with Gasteiger partial charge in [0.25, 0.3) is 5.56 Å². The van der Waals surface area contributed by atoms with Crippen molar-refractivity contribution in [1.82, 2.24) is 20.1 Å². The minimum atomic E-state index is -1.24. The van der Waals surface area contributed by atoms with Crippen molar-refractivity contribution in [2.24, 2.45) is 0 Å². The van der Waals surface area contributed by atoms with Gasteiger partial charge < -0.3 is 15.0 Å². The van der Waals surface area contributed by atoms with Crippen LogP contribution in [-0.4, -0.2) is 51.6 Å². The predicted octanol–water partition coefficient (Wildman–Crippen LogP) is 4.60. The average Bonchev–Trinajstić information content (AvgIpc) is 3.19. The van der Waals surface area contributed by atoms with Gasteiger partial charge in [-0.15, -0.1) is 0 Å². The van der Waals surface area contributed by atoms with Crippen molar-refractivity contribution in [2.75, 3.05) is 18.7 Å². The first-order chi connectivity index (χ1) is 17.4. The second-order valence-electron chi connectivity index (χ2n) is 8.68. The number of alkyl halides is 2. The fraction of sp³-hybridized carbons (Fsp3) is 0.333. The molecule has 0 saturated carbocycles. The van der Waals surface area contributed by atoms with Gasteiger partial charge in [0.05, 0.1) is 22.4 Å². The van der Waals surface area contributed by atoms with Crippen LogP contribution < -0.4 is 15.6 Å². The summed E-state index contributed by atoms with van der Waals surface area (Å²) >= 11 is 6.39. The fourth-order valence-corrected chi connectivity index (χ4v) is 5.02. The Balaban J connectivity index is 1.33. The molecule has 3 aromatic rings. The molecule has 5 rings (SSSR count). The van der Waals surface area contributed by atoms with Gasteiger partial charge >= 0.3 is 6.03 Å². The van der Waals surface area contributed by atoms with Gasteiger partial charge in [-0.05, 0) is 43.0 Å². The van der Waals surface area contributed by atoms with Crippen LogP contribution >= 0.6 is 11.6 Å². The normalized spacial score (nSPS) is 18.3. The number of rotatable bonds is 6. The van der Waals surface area contributed by atoms with Gasteiger partial charge in [0.15, 0.2) is 6.10 Å². The van der Waals surface area contributed by atoms with Crippen LogP contribution in [-0.2, 0) is 6.42 Å². The summed E-state index contributed by atoms with van der Waals surface area (Å²) in [6, 6.07) is 6.02. The SMILES string of the molecule is O=C(Nc1cc(Cl)c(-c2ccc(OC(CF)CF)nc2)cc1F)N1[C@H]2CC[C@@H]1c1n[nH]c(=O)cc1C2. The molecule has 1 fully saturated rings. The maximum atomic E-state index is 15.0. The van der Waals surface area contributed by atoms with Gasteiger partial charge in [0.1, 0.15) is 19.2 Å². The highest BCUT2D eigenvalue weighted by Crippen LogP contribution is 2.42. The van der Waals surface area contributed by atoms with E-state index in [2.05, 4.69) is 20.5 Å². The van der Waals surface area contributed by atoms with E-state index in [1.54, 1.807) is 4.90 Å². The molecule has 0 aliphatic carbocycles. The molecule has 2 amide bonds. The summed E-state index contributed by atoms with van der Waals surface area (Å²) in [5.74, 6) is -0.680. The Labute approximate surface area is 208 Å². The van der Waals surface area contributed by atoms with Crippen LogP contribution in [0.1, 0.15) is 30.1 Å². The third-order valence-corrected chi connectivity index (χ3v) is 6.72. The summed E-state index contributed by atoms with van der Waals surface area (Å²) in [7, 11) is 0. The lowest BCUT2D eigenvalue weighted by molar-refractivity contribution is 0.128. The molecule has 2 atom stereocenters. The van der Waals surface area contributed by atoms with Crippen LogP contribution in [0, 0.1) is 5.82 Å². The summed E-state index contributed by atoms with van der Waals surface area (Å²) in [6.45, 7) is -1.99. The summed E-state index contributed by atoms with van der Waals surface area (Å²) < 4.78 is 45.4. The number of aromatic amines is 1. The molecule has 12 heteroatoms. The number of anilines is 1. The molecule has 1 saturated heterocycles. The number of nitrogens with one attached hydrogen (secondary N) is 2. The van der Waals surface area contributed by atoms with E-state index < -0.39 is 31.3 Å². The summed E-state index contributed by atoms with van der Waals surface area (Å²) in [6.07, 6.45) is 2.05. The molecule has 2 aromatic heterocycles. The number of carbonyl (C=O) groups is 1. The first-order valence-electron chi connectivity index (χ1n) is 11.3. The van der Waals surface area contributed by atoms with Crippen molar-refractivity contribution in [3.05, 3.63) is 69.0 Å². The third kappa shape index (κ3) is 4.50. The minimum absolute atomic E-state index is 0.0239. The molecular weight excluding hydrogens is 499 g/mol. The molecule has 0 unspecified atom stereocenters. The Morgan fingerprint density at radius 3 is 2.78 bits per heavy atom. The van der Waals surface area contributed by atoms with E-state index in [1.165, 1.54) is 36.5 Å². The number of ether oxygens (including phenoxy) is 1. The first kappa shape index (κ1) is 24.1. The number of pyridine rings is 1. The maximum absolute atomic E-state index is 15.0. The van der Waals surface area contributed by atoms with E-state index >= 15 is 4.39 Å². The van der Waals surface area contributed by atoms with Crippen LogP contribution in [0.4, 0.5) is 23.7 Å². The standard InChI is InChI=1S/C24H21ClF3N5O3/c25-17-8-19(18(28)7-16(17)12-1-4-22(29-11-12)36-15(9-26)10-27)30-24(35)33-14-2-3-20(33)23-13(5-14)6-21(34)31-32-23/h1,4,6-8,11,14-15,20H,2-3,5,9-10H2,(H,30,35)(H,31,34)/t14-,20+/m0/s1. The van der Waals surface area contributed by atoms with Crippen molar-refractivity contribution in [2.45, 2.75) is 37.5 Å². The molecule has 0 radical (unpaired) electrons. The number of hydrogen-bond acceptors (Lipinski definition) is 5. The molecule has 188 valence electrons. The van der Waals surface area contributed by atoms with Crippen molar-refractivity contribution in [3.63, 3.8) is 0 Å². The molecule has 1 aromatic carbocycles. The number of amides is 2. The number of fused-ring (bicyclic) bond motifs is 4. The number of benzene rings is 1. The number of nitrogens with zero attached hydrogens (tertiary/aromatic N) is 3. The van der Waals surface area contributed by atoms with Crippen molar-refractivity contribution in [1.29, 1.82) is 0 Å². The lowest BCUT2D eigenvalue weighted by Gasteiger charge is -2.35. The van der Waals surface area contributed by atoms with Crippen molar-refractivity contribution < 1.29 is 22.7 Å². The number of aromatic nitrogens is 3. The summed E-state index contributed by atoms with van der Waals surface area (Å²) in [5, 5.41) is 9.33. The van der Waals surface area contributed by atoms with Crippen LogP contribution in [0.2, 0.25) is 5.02 Å². The minimum Gasteiger partial charge on any atom is -0.469 e. The van der Waals surface area contributed by atoms with E-state index in [0.29, 0.717) is 29.7 Å². The maximum Gasteiger partial charge on any atom is 0.322 e. The second kappa shape index (κ2) is 9.81. The smallest absolute Gasteiger partial charge is 0.322 e.